The number of rotatable bonds is 6. The van der Waals surface area contributed by atoms with Crippen LogP contribution in [0.1, 0.15) is 70.6 Å². The second kappa shape index (κ2) is 10.2. The zero-order valence-corrected chi connectivity index (χ0v) is 16.7. The summed E-state index contributed by atoms with van der Waals surface area (Å²) in [6, 6.07) is -0.202. The van der Waals surface area contributed by atoms with E-state index in [0.717, 1.165) is 25.7 Å². The molecule has 0 spiro atoms. The number of morpholine rings is 1. The van der Waals surface area contributed by atoms with Crippen molar-refractivity contribution in [3.8, 4) is 0 Å². The number of carbonyl (C=O) groups excluding carboxylic acids is 2. The van der Waals surface area contributed by atoms with Gasteiger partial charge in [0.05, 0.1) is 25.7 Å². The van der Waals surface area contributed by atoms with Gasteiger partial charge in [0.15, 0.2) is 0 Å². The average molecular weight is 395 g/mol. The Hall–Kier alpha value is -1.63. The lowest BCUT2D eigenvalue weighted by molar-refractivity contribution is -0.149. The molecule has 0 aromatic carbocycles. The maximum Gasteiger partial charge on any atom is 0.305 e. The van der Waals surface area contributed by atoms with E-state index in [-0.39, 0.29) is 36.2 Å². The highest BCUT2D eigenvalue weighted by molar-refractivity contribution is 5.80. The number of carboxylic acid groups (broad SMARTS) is 1. The Bertz CT molecular complexity index is 553. The van der Waals surface area contributed by atoms with Gasteiger partial charge in [0.1, 0.15) is 0 Å². The summed E-state index contributed by atoms with van der Waals surface area (Å²) in [4.78, 5) is 38.0. The standard InChI is InChI=1S/C21H34N2O5/c24-19(12-15-4-2-1-3-5-15)22-17-8-6-16(7-9-17)21(27)23-10-11-28-14-18(23)13-20(25)26/h15-18H,1-14H2,(H,22,24)(H,25,26). The van der Waals surface area contributed by atoms with E-state index < -0.39 is 5.97 Å². The van der Waals surface area contributed by atoms with Crippen molar-refractivity contribution in [1.29, 1.82) is 0 Å². The molecule has 3 aliphatic rings. The van der Waals surface area contributed by atoms with Crippen molar-refractivity contribution in [3.05, 3.63) is 0 Å². The lowest BCUT2D eigenvalue weighted by Gasteiger charge is -2.38. The van der Waals surface area contributed by atoms with Crippen LogP contribution in [0, 0.1) is 11.8 Å². The molecular weight excluding hydrogens is 360 g/mol. The molecule has 1 aliphatic heterocycles. The van der Waals surface area contributed by atoms with Gasteiger partial charge in [0.25, 0.3) is 0 Å². The fraction of sp³-hybridized carbons (Fsp3) is 0.857. The van der Waals surface area contributed by atoms with Gasteiger partial charge in [-0.2, -0.15) is 0 Å². The molecule has 2 N–H and O–H groups in total. The number of amides is 2. The number of carboxylic acids is 1. The van der Waals surface area contributed by atoms with Gasteiger partial charge in [-0.25, -0.2) is 0 Å². The van der Waals surface area contributed by atoms with Crippen LogP contribution in [0.25, 0.3) is 0 Å². The Kier molecular flexibility index (Phi) is 7.71. The first-order valence-corrected chi connectivity index (χ1v) is 10.9. The summed E-state index contributed by atoms with van der Waals surface area (Å²) in [5.74, 6) is -0.212. The molecule has 1 heterocycles. The van der Waals surface area contributed by atoms with Crippen LogP contribution in [0.15, 0.2) is 0 Å². The number of ether oxygens (including phenoxy) is 1. The van der Waals surface area contributed by atoms with E-state index in [4.69, 9.17) is 9.84 Å². The predicted molar refractivity (Wildman–Crippen MR) is 104 cm³/mol. The van der Waals surface area contributed by atoms with Crippen LogP contribution in [0.4, 0.5) is 0 Å². The smallest absolute Gasteiger partial charge is 0.305 e. The molecule has 158 valence electrons. The first kappa shape index (κ1) is 21.1. The molecule has 2 saturated carbocycles. The molecule has 0 radical (unpaired) electrons. The van der Waals surface area contributed by atoms with Crippen molar-refractivity contribution in [2.24, 2.45) is 11.8 Å². The minimum absolute atomic E-state index is 0.0570. The van der Waals surface area contributed by atoms with Crippen LogP contribution >= 0.6 is 0 Å². The summed E-state index contributed by atoms with van der Waals surface area (Å²) in [5, 5.41) is 12.3. The highest BCUT2D eigenvalue weighted by Crippen LogP contribution is 2.29. The molecule has 0 bridgehead atoms. The van der Waals surface area contributed by atoms with E-state index in [1.54, 1.807) is 4.90 Å². The third-order valence-electron chi connectivity index (χ3n) is 6.56. The minimum atomic E-state index is -0.905. The first-order chi connectivity index (χ1) is 13.5. The molecule has 7 heteroatoms. The fourth-order valence-corrected chi connectivity index (χ4v) is 4.97. The van der Waals surface area contributed by atoms with Crippen molar-refractivity contribution in [2.75, 3.05) is 19.8 Å². The summed E-state index contributed by atoms with van der Waals surface area (Å²) in [7, 11) is 0. The van der Waals surface area contributed by atoms with Gasteiger partial charge in [0.2, 0.25) is 11.8 Å². The van der Waals surface area contributed by atoms with E-state index in [1.807, 2.05) is 0 Å². The van der Waals surface area contributed by atoms with Crippen LogP contribution in [0.3, 0.4) is 0 Å². The van der Waals surface area contributed by atoms with Crippen LogP contribution in [-0.4, -0.2) is 59.6 Å². The number of nitrogens with zero attached hydrogens (tertiary/aromatic N) is 1. The lowest BCUT2D eigenvalue weighted by Crippen LogP contribution is -2.52. The zero-order chi connectivity index (χ0) is 19.9. The van der Waals surface area contributed by atoms with Gasteiger partial charge < -0.3 is 20.1 Å². The molecule has 1 unspecified atom stereocenters. The van der Waals surface area contributed by atoms with Gasteiger partial charge in [-0.05, 0) is 44.4 Å². The van der Waals surface area contributed by atoms with E-state index in [0.29, 0.717) is 32.1 Å². The molecule has 2 aliphatic carbocycles. The van der Waals surface area contributed by atoms with Crippen molar-refractivity contribution < 1.29 is 24.2 Å². The largest absolute Gasteiger partial charge is 0.481 e. The predicted octanol–water partition coefficient (Wildman–Crippen LogP) is 2.33. The van der Waals surface area contributed by atoms with Gasteiger partial charge in [0, 0.05) is 24.9 Å². The Labute approximate surface area is 167 Å². The van der Waals surface area contributed by atoms with Crippen LogP contribution in [0.5, 0.6) is 0 Å². The lowest BCUT2D eigenvalue weighted by atomic mass is 9.84. The Morgan fingerprint density at radius 1 is 0.964 bits per heavy atom. The van der Waals surface area contributed by atoms with E-state index >= 15 is 0 Å². The number of nitrogens with one attached hydrogen (secondary N) is 1. The Morgan fingerprint density at radius 3 is 2.36 bits per heavy atom. The summed E-state index contributed by atoms with van der Waals surface area (Å²) in [6.45, 7) is 1.23. The molecule has 3 fully saturated rings. The maximum atomic E-state index is 12.9. The molecule has 1 saturated heterocycles. The molecule has 0 aromatic rings. The van der Waals surface area contributed by atoms with Crippen molar-refractivity contribution in [2.45, 2.75) is 82.7 Å². The Morgan fingerprint density at radius 2 is 1.68 bits per heavy atom. The third kappa shape index (κ3) is 5.93. The molecule has 2 amide bonds. The molecule has 28 heavy (non-hydrogen) atoms. The summed E-state index contributed by atoms with van der Waals surface area (Å²) in [5.41, 5.74) is 0. The fourth-order valence-electron chi connectivity index (χ4n) is 4.97. The number of hydrogen-bond donors (Lipinski definition) is 2. The quantitative estimate of drug-likeness (QED) is 0.721. The van der Waals surface area contributed by atoms with Gasteiger partial charge in [-0.3, -0.25) is 14.4 Å². The van der Waals surface area contributed by atoms with E-state index in [9.17, 15) is 14.4 Å². The minimum Gasteiger partial charge on any atom is -0.481 e. The topological polar surface area (TPSA) is 95.9 Å². The van der Waals surface area contributed by atoms with Crippen molar-refractivity contribution in [1.82, 2.24) is 10.2 Å². The first-order valence-electron chi connectivity index (χ1n) is 10.9. The van der Waals surface area contributed by atoms with Crippen molar-refractivity contribution in [3.63, 3.8) is 0 Å². The number of hydrogen-bond acceptors (Lipinski definition) is 4. The van der Waals surface area contributed by atoms with Crippen LogP contribution < -0.4 is 5.32 Å². The van der Waals surface area contributed by atoms with Crippen molar-refractivity contribution >= 4 is 17.8 Å². The summed E-state index contributed by atoms with van der Waals surface area (Å²) >= 11 is 0. The zero-order valence-electron chi connectivity index (χ0n) is 16.7. The van der Waals surface area contributed by atoms with Crippen LogP contribution in [0.2, 0.25) is 0 Å². The number of aliphatic carboxylic acids is 1. The molecule has 1 atom stereocenters. The average Bonchev–Trinajstić information content (AvgIpc) is 2.69. The third-order valence-corrected chi connectivity index (χ3v) is 6.56. The molecule has 0 aromatic heterocycles. The SMILES string of the molecule is O=C(O)CC1COCCN1C(=O)C1CCC(NC(=O)CC2CCCCC2)CC1. The highest BCUT2D eigenvalue weighted by atomic mass is 16.5. The van der Waals surface area contributed by atoms with E-state index in [2.05, 4.69) is 5.32 Å². The summed E-state index contributed by atoms with van der Waals surface area (Å²) in [6.07, 6.45) is 9.85. The van der Waals surface area contributed by atoms with Gasteiger partial charge in [-0.1, -0.05) is 19.3 Å². The molecule has 7 nitrogen and oxygen atoms in total. The number of carbonyl (C=O) groups is 3. The van der Waals surface area contributed by atoms with Gasteiger partial charge in [-0.15, -0.1) is 0 Å². The highest BCUT2D eigenvalue weighted by Gasteiger charge is 2.35. The Balaban J connectivity index is 1.43. The normalized spacial score (nSPS) is 29.3. The molecule has 3 rings (SSSR count). The second-order valence-corrected chi connectivity index (χ2v) is 8.68. The van der Waals surface area contributed by atoms with Crippen LogP contribution in [-0.2, 0) is 19.1 Å². The van der Waals surface area contributed by atoms with E-state index in [1.165, 1.54) is 32.1 Å². The van der Waals surface area contributed by atoms with Gasteiger partial charge >= 0.3 is 5.97 Å². The summed E-state index contributed by atoms with van der Waals surface area (Å²) < 4.78 is 5.37. The second-order valence-electron chi connectivity index (χ2n) is 8.68. The maximum absolute atomic E-state index is 12.9. The molecular formula is C21H34N2O5. The monoisotopic (exact) mass is 394 g/mol.